The molecule has 1 atom stereocenters. The third-order valence-electron chi connectivity index (χ3n) is 5.15. The lowest BCUT2D eigenvalue weighted by Gasteiger charge is -2.28. The summed E-state index contributed by atoms with van der Waals surface area (Å²) >= 11 is 0. The lowest BCUT2D eigenvalue weighted by molar-refractivity contribution is -0.909. The molecule has 0 spiro atoms. The molecule has 2 aromatic carbocycles. The summed E-state index contributed by atoms with van der Waals surface area (Å²) in [7, 11) is 1.63. The van der Waals surface area contributed by atoms with Gasteiger partial charge in [-0.15, -0.1) is 0 Å². The fraction of sp³-hybridized carbons (Fsp3) is 0.409. The maximum absolute atomic E-state index is 12.9. The standard InChI is InChI=1S/C22H28N2O3/c1-16-4-7-18(8-5-16)20(15-24-10-12-27-13-11-24)23-22(25)19-9-6-17(2)21(14-19)26-3/h4-9,14,20H,10-13,15H2,1-3H3,(H,23,25)/p+1/t20-/m1/s1. The van der Waals surface area contributed by atoms with E-state index in [-0.39, 0.29) is 11.9 Å². The van der Waals surface area contributed by atoms with Crippen LogP contribution in [-0.4, -0.2) is 45.9 Å². The number of rotatable bonds is 6. The number of ether oxygens (including phenoxy) is 2. The molecule has 0 radical (unpaired) electrons. The molecule has 1 aliphatic rings. The molecule has 5 heteroatoms. The third kappa shape index (κ3) is 5.08. The third-order valence-corrected chi connectivity index (χ3v) is 5.15. The van der Waals surface area contributed by atoms with Crippen LogP contribution in [0.1, 0.15) is 33.1 Å². The van der Waals surface area contributed by atoms with Gasteiger partial charge in [-0.05, 0) is 37.1 Å². The number of hydrogen-bond donors (Lipinski definition) is 2. The van der Waals surface area contributed by atoms with Crippen LogP contribution in [0.15, 0.2) is 42.5 Å². The van der Waals surface area contributed by atoms with E-state index in [0.29, 0.717) is 5.56 Å². The zero-order chi connectivity index (χ0) is 19.2. The van der Waals surface area contributed by atoms with Crippen LogP contribution in [0.5, 0.6) is 5.75 Å². The molecule has 0 bridgehead atoms. The van der Waals surface area contributed by atoms with Crippen LogP contribution in [0.4, 0.5) is 0 Å². The summed E-state index contributed by atoms with van der Waals surface area (Å²) in [6, 6.07) is 13.9. The molecular weight excluding hydrogens is 340 g/mol. The van der Waals surface area contributed by atoms with E-state index in [4.69, 9.17) is 9.47 Å². The summed E-state index contributed by atoms with van der Waals surface area (Å²) < 4.78 is 10.8. The number of aryl methyl sites for hydroxylation is 2. The fourth-order valence-electron chi connectivity index (χ4n) is 3.41. The lowest BCUT2D eigenvalue weighted by Crippen LogP contribution is -3.14. The Morgan fingerprint density at radius 1 is 1.15 bits per heavy atom. The maximum Gasteiger partial charge on any atom is 0.252 e. The number of hydrogen-bond acceptors (Lipinski definition) is 3. The highest BCUT2D eigenvalue weighted by molar-refractivity contribution is 5.95. The summed E-state index contributed by atoms with van der Waals surface area (Å²) in [6.07, 6.45) is 0. The molecule has 1 amide bonds. The van der Waals surface area contributed by atoms with Gasteiger partial charge in [-0.1, -0.05) is 35.9 Å². The summed E-state index contributed by atoms with van der Waals surface area (Å²) in [5.74, 6) is 0.653. The van der Waals surface area contributed by atoms with Crippen LogP contribution in [0.2, 0.25) is 0 Å². The van der Waals surface area contributed by atoms with Crippen molar-refractivity contribution in [3.8, 4) is 5.75 Å². The van der Waals surface area contributed by atoms with Crippen molar-refractivity contribution >= 4 is 5.91 Å². The van der Waals surface area contributed by atoms with Gasteiger partial charge in [0.1, 0.15) is 31.4 Å². The number of amides is 1. The number of carbonyl (C=O) groups excluding carboxylic acids is 1. The first kappa shape index (κ1) is 19.4. The number of benzene rings is 2. The second-order valence-corrected chi connectivity index (χ2v) is 7.19. The Balaban J connectivity index is 1.79. The van der Waals surface area contributed by atoms with Gasteiger partial charge in [-0.3, -0.25) is 4.79 Å². The van der Waals surface area contributed by atoms with Gasteiger partial charge < -0.3 is 19.7 Å². The zero-order valence-electron chi connectivity index (χ0n) is 16.4. The Morgan fingerprint density at radius 3 is 2.52 bits per heavy atom. The van der Waals surface area contributed by atoms with E-state index in [9.17, 15) is 4.79 Å². The molecule has 2 N–H and O–H groups in total. The second-order valence-electron chi connectivity index (χ2n) is 7.19. The molecule has 1 fully saturated rings. The first-order valence-electron chi connectivity index (χ1n) is 9.50. The Kier molecular flexibility index (Phi) is 6.48. The zero-order valence-corrected chi connectivity index (χ0v) is 16.4. The van der Waals surface area contributed by atoms with Gasteiger partial charge in [0.05, 0.1) is 20.3 Å². The van der Waals surface area contributed by atoms with Crippen molar-refractivity contribution in [1.29, 1.82) is 0 Å². The minimum absolute atomic E-state index is 0.0431. The summed E-state index contributed by atoms with van der Waals surface area (Å²) in [4.78, 5) is 14.4. The van der Waals surface area contributed by atoms with Crippen LogP contribution in [-0.2, 0) is 4.74 Å². The number of morpholine rings is 1. The highest BCUT2D eigenvalue weighted by Crippen LogP contribution is 2.20. The van der Waals surface area contributed by atoms with Crippen LogP contribution in [0.25, 0.3) is 0 Å². The van der Waals surface area contributed by atoms with E-state index in [0.717, 1.165) is 49.7 Å². The lowest BCUT2D eigenvalue weighted by atomic mass is 10.0. The molecule has 0 saturated carbocycles. The SMILES string of the molecule is COc1cc(C(=O)N[C@H](C[NH+]2CCOCC2)c2ccc(C)cc2)ccc1C. The normalized spacial score (nSPS) is 16.0. The van der Waals surface area contributed by atoms with Gasteiger partial charge in [0.2, 0.25) is 0 Å². The Morgan fingerprint density at radius 2 is 1.85 bits per heavy atom. The van der Waals surface area contributed by atoms with Gasteiger partial charge in [-0.25, -0.2) is 0 Å². The molecule has 144 valence electrons. The van der Waals surface area contributed by atoms with Crippen molar-refractivity contribution in [2.45, 2.75) is 19.9 Å². The highest BCUT2D eigenvalue weighted by Gasteiger charge is 2.23. The number of methoxy groups -OCH3 is 1. The maximum atomic E-state index is 12.9. The van der Waals surface area contributed by atoms with Crippen molar-refractivity contribution in [2.75, 3.05) is 40.0 Å². The largest absolute Gasteiger partial charge is 0.496 e. The monoisotopic (exact) mass is 369 g/mol. The molecule has 1 heterocycles. The Hall–Kier alpha value is -2.37. The molecule has 0 aromatic heterocycles. The first-order valence-corrected chi connectivity index (χ1v) is 9.50. The van der Waals surface area contributed by atoms with Gasteiger partial charge in [-0.2, -0.15) is 0 Å². The first-order chi connectivity index (χ1) is 13.1. The second kappa shape index (κ2) is 9.02. The van der Waals surface area contributed by atoms with Gasteiger partial charge in [0.25, 0.3) is 5.91 Å². The molecule has 0 aliphatic carbocycles. The summed E-state index contributed by atoms with van der Waals surface area (Å²) in [5.41, 5.74) is 3.98. The average Bonchev–Trinajstić information content (AvgIpc) is 2.69. The smallest absolute Gasteiger partial charge is 0.252 e. The van der Waals surface area contributed by atoms with Gasteiger partial charge in [0, 0.05) is 5.56 Å². The van der Waals surface area contributed by atoms with Crippen LogP contribution < -0.4 is 15.0 Å². The Labute approximate surface area is 161 Å². The van der Waals surface area contributed by atoms with Crippen molar-refractivity contribution in [2.24, 2.45) is 0 Å². The average molecular weight is 369 g/mol. The topological polar surface area (TPSA) is 52.0 Å². The molecule has 3 rings (SSSR count). The molecule has 1 aliphatic heterocycles. The van der Waals surface area contributed by atoms with E-state index in [1.165, 1.54) is 10.5 Å². The molecule has 0 unspecified atom stereocenters. The van der Waals surface area contributed by atoms with E-state index in [1.54, 1.807) is 13.2 Å². The Bertz CT molecular complexity index is 768. The quantitative estimate of drug-likeness (QED) is 0.815. The molecule has 1 saturated heterocycles. The number of nitrogens with one attached hydrogen (secondary N) is 2. The molecule has 5 nitrogen and oxygen atoms in total. The summed E-state index contributed by atoms with van der Waals surface area (Å²) in [5, 5.41) is 3.23. The predicted molar refractivity (Wildman–Crippen MR) is 105 cm³/mol. The van der Waals surface area contributed by atoms with Gasteiger partial charge in [0.15, 0.2) is 0 Å². The highest BCUT2D eigenvalue weighted by atomic mass is 16.5. The van der Waals surface area contributed by atoms with E-state index in [2.05, 4.69) is 36.5 Å². The fourth-order valence-corrected chi connectivity index (χ4v) is 3.41. The minimum atomic E-state index is -0.0773. The van der Waals surface area contributed by atoms with Crippen LogP contribution >= 0.6 is 0 Å². The molecular formula is C22H29N2O3+. The van der Waals surface area contributed by atoms with Crippen molar-refractivity contribution < 1.29 is 19.2 Å². The van der Waals surface area contributed by atoms with Crippen molar-refractivity contribution in [3.05, 3.63) is 64.7 Å². The van der Waals surface area contributed by atoms with E-state index >= 15 is 0 Å². The molecule has 27 heavy (non-hydrogen) atoms. The van der Waals surface area contributed by atoms with E-state index in [1.807, 2.05) is 19.1 Å². The van der Waals surface area contributed by atoms with Crippen LogP contribution in [0, 0.1) is 13.8 Å². The van der Waals surface area contributed by atoms with Crippen molar-refractivity contribution in [1.82, 2.24) is 5.32 Å². The molecule has 2 aromatic rings. The van der Waals surface area contributed by atoms with Crippen molar-refractivity contribution in [3.63, 3.8) is 0 Å². The van der Waals surface area contributed by atoms with Gasteiger partial charge >= 0.3 is 0 Å². The number of carbonyl (C=O) groups is 1. The predicted octanol–water partition coefficient (Wildman–Crippen LogP) is 1.70. The number of quaternary nitrogens is 1. The minimum Gasteiger partial charge on any atom is -0.496 e. The summed E-state index contributed by atoms with van der Waals surface area (Å²) in [6.45, 7) is 8.38. The van der Waals surface area contributed by atoms with E-state index < -0.39 is 0 Å². The van der Waals surface area contributed by atoms with Crippen LogP contribution in [0.3, 0.4) is 0 Å².